The van der Waals surface area contributed by atoms with E-state index in [1.807, 2.05) is 6.07 Å². The third-order valence-corrected chi connectivity index (χ3v) is 4.08. The normalized spacial score (nSPS) is 10.4. The van der Waals surface area contributed by atoms with Crippen molar-refractivity contribution in [1.29, 1.82) is 0 Å². The fraction of sp³-hybridized carbons (Fsp3) is 0.167. The molecule has 0 saturated heterocycles. The topological polar surface area (TPSA) is 89.0 Å². The Kier molecular flexibility index (Phi) is 7.16. The van der Waals surface area contributed by atoms with Crippen molar-refractivity contribution in [2.75, 3.05) is 20.8 Å². The first-order valence-electron chi connectivity index (χ1n) is 7.61. The van der Waals surface area contributed by atoms with E-state index in [-0.39, 0.29) is 12.5 Å². The van der Waals surface area contributed by atoms with Gasteiger partial charge in [-0.1, -0.05) is 15.9 Å². The summed E-state index contributed by atoms with van der Waals surface area (Å²) in [5.74, 6) is 0.523. The first-order valence-corrected chi connectivity index (χ1v) is 8.40. The average Bonchev–Trinajstić information content (AvgIpc) is 2.67. The molecule has 0 aromatic heterocycles. The van der Waals surface area contributed by atoms with Crippen molar-refractivity contribution in [3.8, 4) is 11.5 Å². The van der Waals surface area contributed by atoms with Crippen molar-refractivity contribution in [2.24, 2.45) is 5.10 Å². The number of rotatable bonds is 7. The lowest BCUT2D eigenvalue weighted by molar-refractivity contribution is -0.120. The fourth-order valence-electron chi connectivity index (χ4n) is 1.97. The van der Waals surface area contributed by atoms with Crippen LogP contribution in [0.3, 0.4) is 0 Å². The molecule has 0 fully saturated rings. The molecule has 8 heteroatoms. The van der Waals surface area contributed by atoms with E-state index in [2.05, 4.69) is 31.8 Å². The van der Waals surface area contributed by atoms with Crippen LogP contribution in [0, 0.1) is 0 Å². The van der Waals surface area contributed by atoms with E-state index in [1.54, 1.807) is 50.6 Å². The Labute approximate surface area is 159 Å². The van der Waals surface area contributed by atoms with E-state index in [1.165, 1.54) is 6.21 Å². The van der Waals surface area contributed by atoms with Gasteiger partial charge < -0.3 is 14.8 Å². The highest BCUT2D eigenvalue weighted by Crippen LogP contribution is 2.20. The van der Waals surface area contributed by atoms with Crippen molar-refractivity contribution in [1.82, 2.24) is 10.7 Å². The third kappa shape index (κ3) is 5.59. The van der Waals surface area contributed by atoms with E-state index in [9.17, 15) is 9.59 Å². The molecule has 136 valence electrons. The number of ether oxygens (including phenoxy) is 2. The Morgan fingerprint density at radius 3 is 2.38 bits per heavy atom. The lowest BCUT2D eigenvalue weighted by Gasteiger charge is -2.05. The number of benzene rings is 2. The van der Waals surface area contributed by atoms with Crippen molar-refractivity contribution < 1.29 is 19.1 Å². The Balaban J connectivity index is 1.84. The molecule has 0 aliphatic carbocycles. The molecule has 0 heterocycles. The van der Waals surface area contributed by atoms with E-state index in [0.29, 0.717) is 17.1 Å². The van der Waals surface area contributed by atoms with Gasteiger partial charge in [0.15, 0.2) is 0 Å². The van der Waals surface area contributed by atoms with Gasteiger partial charge in [-0.15, -0.1) is 0 Å². The summed E-state index contributed by atoms with van der Waals surface area (Å²) in [6, 6.07) is 12.0. The molecular weight excluding hydrogens is 402 g/mol. The second-order valence-corrected chi connectivity index (χ2v) is 5.95. The Bertz CT molecular complexity index is 807. The number of hydrogen-bond donors (Lipinski definition) is 2. The number of halogens is 1. The zero-order chi connectivity index (χ0) is 18.9. The lowest BCUT2D eigenvalue weighted by Crippen LogP contribution is -2.34. The molecular formula is C18H18BrN3O4. The molecule has 0 atom stereocenters. The van der Waals surface area contributed by atoms with Crippen LogP contribution in [-0.4, -0.2) is 38.8 Å². The van der Waals surface area contributed by atoms with Gasteiger partial charge in [-0.2, -0.15) is 5.10 Å². The number of carbonyl (C=O) groups excluding carboxylic acids is 2. The van der Waals surface area contributed by atoms with Gasteiger partial charge in [-0.3, -0.25) is 9.59 Å². The zero-order valence-corrected chi connectivity index (χ0v) is 15.9. The van der Waals surface area contributed by atoms with Crippen LogP contribution in [-0.2, 0) is 4.79 Å². The highest BCUT2D eigenvalue weighted by Gasteiger charge is 2.07. The molecule has 7 nitrogen and oxygen atoms in total. The maximum absolute atomic E-state index is 12.0. The van der Waals surface area contributed by atoms with Gasteiger partial charge in [0.2, 0.25) is 0 Å². The van der Waals surface area contributed by atoms with Gasteiger partial charge in [0.1, 0.15) is 11.5 Å². The highest BCUT2D eigenvalue weighted by molar-refractivity contribution is 9.10. The third-order valence-electron chi connectivity index (χ3n) is 3.36. The Morgan fingerprint density at radius 1 is 1.08 bits per heavy atom. The molecule has 26 heavy (non-hydrogen) atoms. The van der Waals surface area contributed by atoms with Gasteiger partial charge in [-0.25, -0.2) is 5.43 Å². The van der Waals surface area contributed by atoms with Crippen LogP contribution in [0.1, 0.15) is 15.9 Å². The molecule has 0 spiro atoms. The predicted octanol–water partition coefficient (Wildman–Crippen LogP) is 2.35. The molecule has 2 rings (SSSR count). The van der Waals surface area contributed by atoms with Crippen molar-refractivity contribution in [3.63, 3.8) is 0 Å². The Hall–Kier alpha value is -2.87. The number of amides is 2. The van der Waals surface area contributed by atoms with Gasteiger partial charge in [0.05, 0.1) is 27.0 Å². The quantitative estimate of drug-likeness (QED) is 0.532. The summed E-state index contributed by atoms with van der Waals surface area (Å²) in [5, 5.41) is 6.39. The summed E-state index contributed by atoms with van der Waals surface area (Å²) in [4.78, 5) is 23.8. The molecule has 0 bridgehead atoms. The molecule has 2 aromatic carbocycles. The summed E-state index contributed by atoms with van der Waals surface area (Å²) in [5.41, 5.74) is 3.53. The Morgan fingerprint density at radius 2 is 1.73 bits per heavy atom. The molecule has 2 amide bonds. The second kappa shape index (κ2) is 9.57. The summed E-state index contributed by atoms with van der Waals surface area (Å²) in [6.07, 6.45) is 1.48. The largest absolute Gasteiger partial charge is 0.497 e. The SMILES string of the molecule is COc1ccc(C(=O)NCC(=O)N/N=C\c2cc(OC)ccc2Br)cc1. The maximum Gasteiger partial charge on any atom is 0.259 e. The summed E-state index contributed by atoms with van der Waals surface area (Å²) in [6.45, 7) is -0.193. The molecule has 0 saturated carbocycles. The minimum Gasteiger partial charge on any atom is -0.497 e. The smallest absolute Gasteiger partial charge is 0.259 e. The van der Waals surface area contributed by atoms with Gasteiger partial charge >= 0.3 is 0 Å². The van der Waals surface area contributed by atoms with Crippen molar-refractivity contribution in [2.45, 2.75) is 0 Å². The van der Waals surface area contributed by atoms with Crippen LogP contribution in [0.15, 0.2) is 52.0 Å². The second-order valence-electron chi connectivity index (χ2n) is 5.09. The molecule has 0 aliphatic heterocycles. The van der Waals surface area contributed by atoms with E-state index in [0.717, 1.165) is 10.0 Å². The number of carbonyl (C=O) groups is 2. The van der Waals surface area contributed by atoms with Gasteiger partial charge in [-0.05, 0) is 42.5 Å². The maximum atomic E-state index is 12.0. The van der Waals surface area contributed by atoms with Gasteiger partial charge in [0.25, 0.3) is 11.8 Å². The standard InChI is InChI=1S/C18H18BrN3O4/c1-25-14-5-3-12(4-6-14)18(24)20-11-17(23)22-21-10-13-9-15(26-2)7-8-16(13)19/h3-10H,11H2,1-2H3,(H,20,24)(H,22,23)/b21-10-. The molecule has 0 aliphatic rings. The van der Waals surface area contributed by atoms with Crippen molar-refractivity contribution in [3.05, 3.63) is 58.1 Å². The first kappa shape index (κ1) is 19.5. The molecule has 0 unspecified atom stereocenters. The molecule has 2 aromatic rings. The number of hydrazone groups is 1. The monoisotopic (exact) mass is 419 g/mol. The van der Waals surface area contributed by atoms with E-state index >= 15 is 0 Å². The lowest BCUT2D eigenvalue weighted by atomic mass is 10.2. The minimum absolute atomic E-state index is 0.193. The van der Waals surface area contributed by atoms with Crippen LogP contribution < -0.4 is 20.2 Å². The highest BCUT2D eigenvalue weighted by atomic mass is 79.9. The average molecular weight is 420 g/mol. The molecule has 0 radical (unpaired) electrons. The van der Waals surface area contributed by atoms with Crippen LogP contribution in [0.25, 0.3) is 0 Å². The number of nitrogens with one attached hydrogen (secondary N) is 2. The number of nitrogens with zero attached hydrogens (tertiary/aromatic N) is 1. The van der Waals surface area contributed by atoms with Crippen LogP contribution >= 0.6 is 15.9 Å². The van der Waals surface area contributed by atoms with Crippen molar-refractivity contribution >= 4 is 34.0 Å². The first-order chi connectivity index (χ1) is 12.5. The summed E-state index contributed by atoms with van der Waals surface area (Å²) >= 11 is 3.39. The van der Waals surface area contributed by atoms with E-state index < -0.39 is 5.91 Å². The number of hydrogen-bond acceptors (Lipinski definition) is 5. The van der Waals surface area contributed by atoms with Crippen LogP contribution in [0.2, 0.25) is 0 Å². The summed E-state index contributed by atoms with van der Waals surface area (Å²) < 4.78 is 11.0. The summed E-state index contributed by atoms with van der Waals surface area (Å²) in [7, 11) is 3.11. The van der Waals surface area contributed by atoms with Crippen LogP contribution in [0.4, 0.5) is 0 Å². The van der Waals surface area contributed by atoms with E-state index in [4.69, 9.17) is 9.47 Å². The zero-order valence-electron chi connectivity index (χ0n) is 14.3. The minimum atomic E-state index is -0.442. The predicted molar refractivity (Wildman–Crippen MR) is 102 cm³/mol. The fourth-order valence-corrected chi connectivity index (χ4v) is 2.32. The van der Waals surface area contributed by atoms with Gasteiger partial charge in [0, 0.05) is 15.6 Å². The van der Waals surface area contributed by atoms with Crippen LogP contribution in [0.5, 0.6) is 11.5 Å². The molecule has 2 N–H and O–H groups in total. The number of methoxy groups -OCH3 is 2.